The average Bonchev–Trinajstić information content (AvgIpc) is 2.27. The van der Waals surface area contributed by atoms with Crippen LogP contribution >= 0.6 is 0 Å². The number of carbonyl (C=O) groups is 1. The van der Waals surface area contributed by atoms with Crippen molar-refractivity contribution < 1.29 is 26.9 Å². The summed E-state index contributed by atoms with van der Waals surface area (Å²) in [7, 11) is -4.89. The summed E-state index contributed by atoms with van der Waals surface area (Å²) in [4.78, 5) is 11.9. The molecule has 1 amide bonds. The highest BCUT2D eigenvalue weighted by Crippen LogP contribution is 2.27. The van der Waals surface area contributed by atoms with Crippen molar-refractivity contribution in [3.05, 3.63) is 29.6 Å². The van der Waals surface area contributed by atoms with E-state index in [9.17, 15) is 22.2 Å². The number of halogens is 1. The molecule has 1 aromatic rings. The van der Waals surface area contributed by atoms with Gasteiger partial charge in [0.2, 0.25) is 0 Å². The average molecular weight is 303 g/mol. The Kier molecular flexibility index (Phi) is 3.96. The summed E-state index contributed by atoms with van der Waals surface area (Å²) in [5, 5.41) is 0. The number of hydrogen-bond donors (Lipinski definition) is 1. The molecule has 1 N–H and O–H groups in total. The predicted octanol–water partition coefficient (Wildman–Crippen LogP) is 2.43. The Hall–Kier alpha value is -1.67. The molecule has 0 saturated heterocycles. The topological polar surface area (TPSA) is 83.9 Å². The van der Waals surface area contributed by atoms with Crippen LogP contribution in [0.2, 0.25) is 0 Å². The quantitative estimate of drug-likeness (QED) is 0.867. The minimum Gasteiger partial charge on any atom is -0.445 e. The smallest absolute Gasteiger partial charge is 0.430 e. The van der Waals surface area contributed by atoms with Crippen LogP contribution in [-0.2, 0) is 15.0 Å². The van der Waals surface area contributed by atoms with Crippen LogP contribution in [0.15, 0.2) is 18.2 Å². The van der Waals surface area contributed by atoms with Crippen LogP contribution in [0.3, 0.4) is 0 Å². The first-order chi connectivity index (χ1) is 9.29. The van der Waals surface area contributed by atoms with E-state index in [-0.39, 0.29) is 16.1 Å². The SMILES string of the molecule is Cc1ccc(F)cc1N(C(=O)OC1CCC1)S(=O)(=O)O. The van der Waals surface area contributed by atoms with Crippen LogP contribution in [-0.4, -0.2) is 25.2 Å². The molecule has 0 radical (unpaired) electrons. The lowest BCUT2D eigenvalue weighted by atomic mass is 9.96. The first-order valence-electron chi connectivity index (χ1n) is 6.03. The van der Waals surface area contributed by atoms with Gasteiger partial charge in [0.25, 0.3) is 0 Å². The largest absolute Gasteiger partial charge is 0.445 e. The third-order valence-electron chi connectivity index (χ3n) is 3.11. The zero-order valence-corrected chi connectivity index (χ0v) is 11.6. The normalized spacial score (nSPS) is 15.6. The fraction of sp³-hybridized carbons (Fsp3) is 0.417. The van der Waals surface area contributed by atoms with Gasteiger partial charge in [-0.15, -0.1) is 4.31 Å². The Morgan fingerprint density at radius 2 is 2.10 bits per heavy atom. The molecule has 1 aromatic carbocycles. The lowest BCUT2D eigenvalue weighted by Crippen LogP contribution is -2.40. The van der Waals surface area contributed by atoms with Crippen molar-refractivity contribution in [1.29, 1.82) is 0 Å². The van der Waals surface area contributed by atoms with Crippen LogP contribution < -0.4 is 4.31 Å². The first kappa shape index (κ1) is 14.7. The van der Waals surface area contributed by atoms with E-state index in [2.05, 4.69) is 0 Å². The third-order valence-corrected chi connectivity index (χ3v) is 3.91. The number of rotatable bonds is 3. The zero-order chi connectivity index (χ0) is 14.9. The monoisotopic (exact) mass is 303 g/mol. The highest BCUT2D eigenvalue weighted by molar-refractivity contribution is 7.88. The van der Waals surface area contributed by atoms with Gasteiger partial charge in [0, 0.05) is 0 Å². The van der Waals surface area contributed by atoms with E-state index in [1.807, 2.05) is 0 Å². The molecule has 1 saturated carbocycles. The summed E-state index contributed by atoms with van der Waals surface area (Å²) in [5.41, 5.74) is 0.0476. The Bertz CT molecular complexity index is 627. The summed E-state index contributed by atoms with van der Waals surface area (Å²) in [6.07, 6.45) is 0.593. The van der Waals surface area contributed by atoms with Gasteiger partial charge in [0.15, 0.2) is 0 Å². The molecule has 2 rings (SSSR count). The van der Waals surface area contributed by atoms with E-state index in [0.717, 1.165) is 18.6 Å². The van der Waals surface area contributed by atoms with Crippen LogP contribution in [0.1, 0.15) is 24.8 Å². The molecular formula is C12H14FNO5S. The maximum Gasteiger partial charge on any atom is 0.430 e. The molecule has 0 unspecified atom stereocenters. The number of ether oxygens (including phenoxy) is 1. The lowest BCUT2D eigenvalue weighted by Gasteiger charge is -2.28. The summed E-state index contributed by atoms with van der Waals surface area (Å²) in [5.74, 6) is -0.726. The van der Waals surface area contributed by atoms with Crippen molar-refractivity contribution in [3.8, 4) is 0 Å². The zero-order valence-electron chi connectivity index (χ0n) is 10.7. The second-order valence-corrected chi connectivity index (χ2v) is 5.87. The van der Waals surface area contributed by atoms with Crippen LogP contribution in [0.4, 0.5) is 14.9 Å². The molecule has 6 nitrogen and oxygen atoms in total. The van der Waals surface area contributed by atoms with Crippen molar-refractivity contribution in [2.24, 2.45) is 0 Å². The van der Waals surface area contributed by atoms with Crippen LogP contribution in [0.5, 0.6) is 0 Å². The van der Waals surface area contributed by atoms with Crippen molar-refractivity contribution in [2.75, 3.05) is 4.31 Å². The van der Waals surface area contributed by atoms with E-state index in [1.54, 1.807) is 0 Å². The molecular weight excluding hydrogens is 289 g/mol. The van der Waals surface area contributed by atoms with Gasteiger partial charge in [-0.2, -0.15) is 8.42 Å². The van der Waals surface area contributed by atoms with Gasteiger partial charge >= 0.3 is 16.4 Å². The lowest BCUT2D eigenvalue weighted by molar-refractivity contribution is 0.0597. The summed E-state index contributed by atoms with van der Waals surface area (Å²) < 4.78 is 50.2. The maximum atomic E-state index is 13.2. The van der Waals surface area contributed by atoms with E-state index < -0.39 is 22.2 Å². The van der Waals surface area contributed by atoms with Gasteiger partial charge in [-0.3, -0.25) is 4.55 Å². The van der Waals surface area contributed by atoms with Crippen LogP contribution in [0, 0.1) is 12.7 Å². The van der Waals surface area contributed by atoms with E-state index in [1.165, 1.54) is 13.0 Å². The van der Waals surface area contributed by atoms with Gasteiger partial charge in [-0.05, 0) is 43.9 Å². The molecule has 20 heavy (non-hydrogen) atoms. The highest BCUT2D eigenvalue weighted by Gasteiger charge is 2.33. The molecule has 0 atom stereocenters. The first-order valence-corrected chi connectivity index (χ1v) is 7.43. The minimum absolute atomic E-state index is 0.0731. The highest BCUT2D eigenvalue weighted by atomic mass is 32.2. The molecule has 0 heterocycles. The Morgan fingerprint density at radius 1 is 1.45 bits per heavy atom. The maximum absolute atomic E-state index is 13.2. The molecule has 8 heteroatoms. The Labute approximate surface area is 116 Å². The summed E-state index contributed by atoms with van der Waals surface area (Å²) in [6, 6.07) is 3.28. The molecule has 110 valence electrons. The fourth-order valence-electron chi connectivity index (χ4n) is 1.80. The molecule has 1 aliphatic rings. The van der Waals surface area contributed by atoms with Gasteiger partial charge in [0.1, 0.15) is 11.9 Å². The van der Waals surface area contributed by atoms with Crippen molar-refractivity contribution in [1.82, 2.24) is 0 Å². The molecule has 0 aromatic heterocycles. The number of amides is 1. The Balaban J connectivity index is 2.36. The van der Waals surface area contributed by atoms with Crippen molar-refractivity contribution in [3.63, 3.8) is 0 Å². The minimum atomic E-state index is -4.89. The number of anilines is 1. The number of nitrogens with zero attached hydrogens (tertiary/aromatic N) is 1. The Morgan fingerprint density at radius 3 is 2.60 bits per heavy atom. The van der Waals surface area contributed by atoms with E-state index in [4.69, 9.17) is 4.74 Å². The van der Waals surface area contributed by atoms with Crippen molar-refractivity contribution in [2.45, 2.75) is 32.3 Å². The van der Waals surface area contributed by atoms with Gasteiger partial charge in [-0.25, -0.2) is 9.18 Å². The molecule has 0 spiro atoms. The second kappa shape index (κ2) is 5.37. The third kappa shape index (κ3) is 3.07. The molecule has 0 aliphatic heterocycles. The molecule has 0 bridgehead atoms. The van der Waals surface area contributed by atoms with Crippen LogP contribution in [0.25, 0.3) is 0 Å². The van der Waals surface area contributed by atoms with Gasteiger partial charge in [0.05, 0.1) is 5.69 Å². The number of aryl methyl sites for hydroxylation is 1. The van der Waals surface area contributed by atoms with Gasteiger partial charge < -0.3 is 4.74 Å². The van der Waals surface area contributed by atoms with E-state index >= 15 is 0 Å². The fourth-order valence-corrected chi connectivity index (χ4v) is 2.47. The summed E-state index contributed by atoms with van der Waals surface area (Å²) in [6.45, 7) is 1.49. The summed E-state index contributed by atoms with van der Waals surface area (Å²) >= 11 is 0. The van der Waals surface area contributed by atoms with Crippen molar-refractivity contribution >= 4 is 22.1 Å². The van der Waals surface area contributed by atoms with E-state index in [0.29, 0.717) is 18.4 Å². The second-order valence-electron chi connectivity index (χ2n) is 4.61. The van der Waals surface area contributed by atoms with Gasteiger partial charge in [-0.1, -0.05) is 6.07 Å². The predicted molar refractivity (Wildman–Crippen MR) is 69.3 cm³/mol. The standard InChI is InChI=1S/C12H14FNO5S/c1-8-5-6-9(13)7-11(8)14(20(16,17)18)12(15)19-10-3-2-4-10/h5-7,10H,2-4H2,1H3,(H,16,17,18). The number of hydrogen-bond acceptors (Lipinski definition) is 4. The number of benzene rings is 1. The number of carbonyl (C=O) groups excluding carboxylic acids is 1. The molecule has 1 fully saturated rings. The molecule has 1 aliphatic carbocycles.